The number of aliphatic hydroxyl groups is 1. The summed E-state index contributed by atoms with van der Waals surface area (Å²) in [6, 6.07) is 14.2. The summed E-state index contributed by atoms with van der Waals surface area (Å²) in [4.78, 5) is 42.1. The molecule has 1 heterocycles. The van der Waals surface area contributed by atoms with E-state index in [9.17, 15) is 19.5 Å². The lowest BCUT2D eigenvalue weighted by Gasteiger charge is -2.33. The normalized spacial score (nSPS) is 26.2. The third kappa shape index (κ3) is 4.70. The average Bonchev–Trinajstić information content (AvgIpc) is 3.14. The van der Waals surface area contributed by atoms with Crippen molar-refractivity contribution in [3.05, 3.63) is 77.3 Å². The van der Waals surface area contributed by atoms with Gasteiger partial charge in [0.05, 0.1) is 41.8 Å². The maximum Gasteiger partial charge on any atom is 0.310 e. The number of aliphatic hydroxyl groups excluding tert-OH is 1. The number of para-hydroxylation sites is 1. The van der Waals surface area contributed by atoms with Gasteiger partial charge in [0.2, 0.25) is 11.8 Å². The molecule has 0 bridgehead atoms. The van der Waals surface area contributed by atoms with Crippen LogP contribution in [0.4, 0.5) is 5.69 Å². The fraction of sp³-hybridized carbons (Fsp3) is 0.370. The number of carbonyl (C=O) groups excluding carboxylic acids is 3. The highest BCUT2D eigenvalue weighted by atomic mass is 35.5. The predicted octanol–water partition coefficient (Wildman–Crippen LogP) is 3.84. The zero-order valence-corrected chi connectivity index (χ0v) is 20.4. The third-order valence-corrected chi connectivity index (χ3v) is 7.19. The molecular formula is C27H29ClN2O5. The van der Waals surface area contributed by atoms with Crippen LogP contribution in [0, 0.1) is 23.7 Å². The Bertz CT molecular complexity index is 1120. The minimum Gasteiger partial charge on any atom is -0.466 e. The minimum absolute atomic E-state index is 0.195. The van der Waals surface area contributed by atoms with Gasteiger partial charge in [-0.05, 0) is 30.5 Å². The largest absolute Gasteiger partial charge is 0.466 e. The molecule has 1 saturated heterocycles. The second kappa shape index (κ2) is 10.6. The van der Waals surface area contributed by atoms with Crippen molar-refractivity contribution in [3.63, 3.8) is 0 Å². The smallest absolute Gasteiger partial charge is 0.310 e. The number of carbonyl (C=O) groups is 3. The number of ether oxygens (including phenoxy) is 1. The van der Waals surface area contributed by atoms with Crippen LogP contribution in [0.3, 0.4) is 0 Å². The van der Waals surface area contributed by atoms with E-state index in [0.29, 0.717) is 16.3 Å². The van der Waals surface area contributed by atoms with Gasteiger partial charge in [0.15, 0.2) is 0 Å². The first-order valence-corrected chi connectivity index (χ1v) is 12.1. The van der Waals surface area contributed by atoms with Gasteiger partial charge in [-0.15, -0.1) is 0 Å². The standard InChI is InChI=1S/C27H29ClN2O5/c1-3-35-27(34)22-16(2)13-14-18-23(22)26(33)30(21(15-31)17-9-5-4-6-10-17)24(18)25(32)29-20-12-8-7-11-19(20)28/h4-14,16,18,21-24,31H,3,15H2,1-2H3,(H,29,32)/t16-,18+,21-,22-,23+,24+/m1/s1. The number of nitrogens with one attached hydrogen (secondary N) is 1. The molecule has 4 rings (SSSR count). The van der Waals surface area contributed by atoms with Crippen LogP contribution in [0.1, 0.15) is 25.5 Å². The molecule has 0 radical (unpaired) electrons. The summed E-state index contributed by atoms with van der Waals surface area (Å²) in [5, 5.41) is 13.6. The van der Waals surface area contributed by atoms with Gasteiger partial charge in [-0.25, -0.2) is 0 Å². The van der Waals surface area contributed by atoms with Gasteiger partial charge in [-0.2, -0.15) is 0 Å². The number of fused-ring (bicyclic) bond motifs is 1. The summed E-state index contributed by atoms with van der Waals surface area (Å²) in [5.74, 6) is -3.58. The highest BCUT2D eigenvalue weighted by Crippen LogP contribution is 2.47. The van der Waals surface area contributed by atoms with Crippen LogP contribution in [-0.2, 0) is 19.1 Å². The molecule has 6 atom stereocenters. The molecule has 7 nitrogen and oxygen atoms in total. The van der Waals surface area contributed by atoms with Crippen molar-refractivity contribution in [2.45, 2.75) is 25.9 Å². The summed E-state index contributed by atoms with van der Waals surface area (Å²) in [7, 11) is 0. The first kappa shape index (κ1) is 24.9. The summed E-state index contributed by atoms with van der Waals surface area (Å²) in [5.41, 5.74) is 1.12. The maximum atomic E-state index is 14.0. The van der Waals surface area contributed by atoms with Gasteiger partial charge >= 0.3 is 5.97 Å². The van der Waals surface area contributed by atoms with Crippen molar-refractivity contribution >= 4 is 35.1 Å². The molecule has 184 valence electrons. The average molecular weight is 497 g/mol. The van der Waals surface area contributed by atoms with Crippen molar-refractivity contribution in [3.8, 4) is 0 Å². The van der Waals surface area contributed by atoms with E-state index in [1.54, 1.807) is 43.3 Å². The van der Waals surface area contributed by atoms with E-state index in [0.717, 1.165) is 0 Å². The van der Waals surface area contributed by atoms with Crippen molar-refractivity contribution in [2.75, 3.05) is 18.5 Å². The first-order chi connectivity index (χ1) is 16.9. The Morgan fingerprint density at radius 2 is 1.80 bits per heavy atom. The molecule has 0 aromatic heterocycles. The lowest BCUT2D eigenvalue weighted by Crippen LogP contribution is -2.47. The van der Waals surface area contributed by atoms with Gasteiger partial charge < -0.3 is 20.1 Å². The number of halogens is 1. The van der Waals surface area contributed by atoms with Gasteiger partial charge in [-0.3, -0.25) is 14.4 Å². The molecule has 0 spiro atoms. The van der Waals surface area contributed by atoms with Crippen LogP contribution in [0.2, 0.25) is 5.02 Å². The Kier molecular flexibility index (Phi) is 7.57. The molecule has 35 heavy (non-hydrogen) atoms. The SMILES string of the molecule is CCOC(=O)[C@H]1[C@H]2C(=O)N([C@H](CO)c3ccccc3)[C@H](C(=O)Nc3ccccc3Cl)[C@H]2C=C[C@H]1C. The minimum atomic E-state index is -0.957. The highest BCUT2D eigenvalue weighted by Gasteiger charge is 2.58. The topological polar surface area (TPSA) is 95.9 Å². The van der Waals surface area contributed by atoms with Gasteiger partial charge in [0, 0.05) is 5.92 Å². The van der Waals surface area contributed by atoms with Crippen molar-refractivity contribution in [1.29, 1.82) is 0 Å². The first-order valence-electron chi connectivity index (χ1n) is 11.8. The number of hydrogen-bond donors (Lipinski definition) is 2. The molecule has 2 aliphatic rings. The van der Waals surface area contributed by atoms with Crippen LogP contribution in [0.25, 0.3) is 0 Å². The van der Waals surface area contributed by atoms with E-state index in [4.69, 9.17) is 16.3 Å². The fourth-order valence-corrected chi connectivity index (χ4v) is 5.45. The Morgan fingerprint density at radius 3 is 2.46 bits per heavy atom. The number of esters is 1. The monoisotopic (exact) mass is 496 g/mol. The Morgan fingerprint density at radius 1 is 1.11 bits per heavy atom. The molecule has 1 aliphatic heterocycles. The molecule has 1 aliphatic carbocycles. The third-order valence-electron chi connectivity index (χ3n) is 6.86. The van der Waals surface area contributed by atoms with E-state index in [1.807, 2.05) is 37.3 Å². The maximum absolute atomic E-state index is 14.0. The molecule has 0 unspecified atom stereocenters. The van der Waals surface area contributed by atoms with E-state index in [-0.39, 0.29) is 25.0 Å². The lowest BCUT2D eigenvalue weighted by molar-refractivity contribution is -0.155. The zero-order valence-electron chi connectivity index (χ0n) is 19.6. The second-order valence-electron chi connectivity index (χ2n) is 8.89. The molecule has 2 aromatic carbocycles. The molecule has 2 amide bonds. The van der Waals surface area contributed by atoms with Crippen molar-refractivity contribution in [1.82, 2.24) is 4.90 Å². The summed E-state index contributed by atoms with van der Waals surface area (Å²) in [6.45, 7) is 3.40. The molecule has 8 heteroatoms. The summed E-state index contributed by atoms with van der Waals surface area (Å²) < 4.78 is 5.31. The number of amides is 2. The van der Waals surface area contributed by atoms with E-state index in [2.05, 4.69) is 5.32 Å². The molecule has 2 aromatic rings. The van der Waals surface area contributed by atoms with Gasteiger partial charge in [-0.1, -0.05) is 73.1 Å². The zero-order chi connectivity index (χ0) is 25.1. The van der Waals surface area contributed by atoms with Crippen LogP contribution in [0.5, 0.6) is 0 Å². The van der Waals surface area contributed by atoms with Gasteiger partial charge in [0.25, 0.3) is 0 Å². The van der Waals surface area contributed by atoms with Gasteiger partial charge in [0.1, 0.15) is 6.04 Å². The molecule has 0 saturated carbocycles. The molecule has 2 N–H and O–H groups in total. The Labute approximate surface area is 209 Å². The van der Waals surface area contributed by atoms with Crippen LogP contribution in [-0.4, -0.2) is 47.0 Å². The summed E-state index contributed by atoms with van der Waals surface area (Å²) >= 11 is 6.27. The Balaban J connectivity index is 1.78. The quantitative estimate of drug-likeness (QED) is 0.448. The number of allylic oxidation sites excluding steroid dienone is 1. The molecule has 1 fully saturated rings. The lowest BCUT2D eigenvalue weighted by atomic mass is 9.70. The van der Waals surface area contributed by atoms with E-state index in [1.165, 1.54) is 4.90 Å². The van der Waals surface area contributed by atoms with E-state index >= 15 is 0 Å². The van der Waals surface area contributed by atoms with Crippen molar-refractivity contribution < 1.29 is 24.2 Å². The fourth-order valence-electron chi connectivity index (χ4n) is 5.27. The number of rotatable bonds is 7. The van der Waals surface area contributed by atoms with Crippen LogP contribution in [0.15, 0.2) is 66.7 Å². The number of likely N-dealkylation sites (tertiary alicyclic amines) is 1. The second-order valence-corrected chi connectivity index (χ2v) is 9.30. The Hall–Kier alpha value is -3.16. The predicted molar refractivity (Wildman–Crippen MR) is 132 cm³/mol. The number of hydrogen-bond acceptors (Lipinski definition) is 5. The molecular weight excluding hydrogens is 468 g/mol. The summed E-state index contributed by atoms with van der Waals surface area (Å²) in [6.07, 6.45) is 3.71. The number of nitrogens with zero attached hydrogens (tertiary/aromatic N) is 1. The highest BCUT2D eigenvalue weighted by molar-refractivity contribution is 6.33. The number of benzene rings is 2. The van der Waals surface area contributed by atoms with Crippen LogP contribution < -0.4 is 5.32 Å². The van der Waals surface area contributed by atoms with Crippen molar-refractivity contribution in [2.24, 2.45) is 23.7 Å². The van der Waals surface area contributed by atoms with Crippen LogP contribution >= 0.6 is 11.6 Å². The van der Waals surface area contributed by atoms with E-state index < -0.39 is 41.7 Å². The number of anilines is 1.